The molecule has 0 bridgehead atoms. The largest absolute Gasteiger partial charge is 0.438 e. The molecule has 0 aromatic rings. The molecule has 23 nitrogen and oxygen atoms in total. The van der Waals surface area contributed by atoms with E-state index in [2.05, 4.69) is 25.6 Å². The summed E-state index contributed by atoms with van der Waals surface area (Å²) >= 11 is 0. The highest BCUT2D eigenvalue weighted by molar-refractivity contribution is 5.67. The van der Waals surface area contributed by atoms with E-state index in [9.17, 15) is 55.9 Å². The second kappa shape index (κ2) is 15.0. The standard InChI is InChI=1S/C22H36N6O17/c23-28-25-5-22(26-27-22)4-24-21(39)45-17-14(37)16(7(2-30)40-18(17)38)44-20-13(36)11(34)15(8(3-31)42-20)43-19-12(35)10(33)9(32)6(1-29)41-19/h6-20,29-38H,1-5H2,(H,24,39)/t6?,7?,8?,9-,10+,11-,12?,13?,14+,15-,16-,17?,18-,19-,20-/m1/s1. The van der Waals surface area contributed by atoms with Gasteiger partial charge in [-0.25, -0.2) is 4.79 Å². The minimum Gasteiger partial charge on any atom is -0.438 e. The van der Waals surface area contributed by atoms with Crippen LogP contribution in [0, 0.1) is 0 Å². The number of hydrogen-bond donors (Lipinski definition) is 11. The van der Waals surface area contributed by atoms with Gasteiger partial charge in [0.25, 0.3) is 0 Å². The van der Waals surface area contributed by atoms with Crippen LogP contribution in [-0.2, 0) is 28.4 Å². The molecule has 11 N–H and O–H groups in total. The van der Waals surface area contributed by atoms with Crippen molar-refractivity contribution in [3.8, 4) is 0 Å². The van der Waals surface area contributed by atoms with Gasteiger partial charge >= 0.3 is 6.09 Å². The first-order valence-electron chi connectivity index (χ1n) is 13.7. The predicted octanol–water partition coefficient (Wildman–Crippen LogP) is -6.37. The summed E-state index contributed by atoms with van der Waals surface area (Å²) in [6.07, 6.45) is -27.7. The molecule has 4 aliphatic rings. The second-order valence-electron chi connectivity index (χ2n) is 10.6. The SMILES string of the molecule is [N-]=[N+]=NCC1(CNC(=O)OC2[C@H](O)OC(CO)[C@@H](O[C@H]3OC(CO)[C@@H](O[C@H]4OC(CO)[C@@H](O)[C@H](O)C4O)[C@H](O)C3O)[C@@H]2O)N=N1. The molecule has 15 atom stereocenters. The molecular weight excluding hydrogens is 620 g/mol. The number of nitrogens with zero attached hydrogens (tertiary/aromatic N) is 5. The lowest BCUT2D eigenvalue weighted by atomic mass is 9.96. The molecule has 4 aliphatic heterocycles. The summed E-state index contributed by atoms with van der Waals surface area (Å²) in [7, 11) is 0. The Morgan fingerprint density at radius 3 is 1.84 bits per heavy atom. The summed E-state index contributed by atoms with van der Waals surface area (Å²) in [6, 6.07) is 0. The quantitative estimate of drug-likeness (QED) is 0.0528. The lowest BCUT2D eigenvalue weighted by Crippen LogP contribution is -2.66. The van der Waals surface area contributed by atoms with Gasteiger partial charge in [-0.2, -0.15) is 10.2 Å². The average Bonchev–Trinajstić information content (AvgIpc) is 3.81. The molecule has 3 saturated heterocycles. The minimum atomic E-state index is -2.01. The zero-order valence-electron chi connectivity index (χ0n) is 23.3. The molecule has 0 aromatic heterocycles. The fraction of sp³-hybridized carbons (Fsp3) is 0.955. The molecule has 0 aromatic carbocycles. The third kappa shape index (κ3) is 7.77. The van der Waals surface area contributed by atoms with Crippen molar-refractivity contribution in [1.82, 2.24) is 5.32 Å². The van der Waals surface area contributed by atoms with Crippen molar-refractivity contribution >= 4 is 6.09 Å². The topological polar surface area (TPSA) is 360 Å². The number of nitrogens with one attached hydrogen (secondary N) is 1. The van der Waals surface area contributed by atoms with Crippen LogP contribution in [0.25, 0.3) is 10.4 Å². The summed E-state index contributed by atoms with van der Waals surface area (Å²) in [6.45, 7) is -2.96. The van der Waals surface area contributed by atoms with Gasteiger partial charge in [0.2, 0.25) is 5.66 Å². The Hall–Kier alpha value is -2.42. The molecular formula is C22H36N6O17. The van der Waals surface area contributed by atoms with E-state index >= 15 is 0 Å². The maximum absolute atomic E-state index is 12.4. The fourth-order valence-corrected chi connectivity index (χ4v) is 4.96. The lowest BCUT2D eigenvalue weighted by molar-refractivity contribution is -0.377. The minimum absolute atomic E-state index is 0.186. The van der Waals surface area contributed by atoms with E-state index in [0.29, 0.717) is 0 Å². The Labute approximate surface area is 252 Å². The maximum Gasteiger partial charge on any atom is 0.407 e. The Morgan fingerprint density at radius 1 is 0.756 bits per heavy atom. The third-order valence-electron chi connectivity index (χ3n) is 7.60. The van der Waals surface area contributed by atoms with Crippen molar-refractivity contribution in [2.24, 2.45) is 15.3 Å². The van der Waals surface area contributed by atoms with Crippen LogP contribution in [0.4, 0.5) is 4.79 Å². The summed E-state index contributed by atoms with van der Waals surface area (Å²) < 4.78 is 32.1. The number of alkyl carbamates (subject to hydrolysis) is 1. The van der Waals surface area contributed by atoms with E-state index in [1.165, 1.54) is 0 Å². The molecule has 4 heterocycles. The van der Waals surface area contributed by atoms with E-state index in [4.69, 9.17) is 34.0 Å². The summed E-state index contributed by atoms with van der Waals surface area (Å²) in [5.74, 6) is 0. The van der Waals surface area contributed by atoms with Gasteiger partial charge in [0.05, 0.1) is 32.9 Å². The van der Waals surface area contributed by atoms with Crippen LogP contribution in [0.1, 0.15) is 0 Å². The first-order chi connectivity index (χ1) is 21.4. The van der Waals surface area contributed by atoms with E-state index in [1.807, 2.05) is 0 Å². The van der Waals surface area contributed by atoms with Crippen LogP contribution >= 0.6 is 0 Å². The van der Waals surface area contributed by atoms with Crippen LogP contribution in [0.15, 0.2) is 15.3 Å². The molecule has 0 saturated carbocycles. The number of amides is 1. The highest BCUT2D eigenvalue weighted by Crippen LogP contribution is 2.33. The Bertz CT molecular complexity index is 1080. The van der Waals surface area contributed by atoms with Crippen LogP contribution in [0.2, 0.25) is 0 Å². The van der Waals surface area contributed by atoms with Gasteiger partial charge in [0.15, 0.2) is 25.0 Å². The molecule has 0 radical (unpaired) electrons. The van der Waals surface area contributed by atoms with Gasteiger partial charge in [-0.05, 0) is 5.53 Å². The summed E-state index contributed by atoms with van der Waals surface area (Å²) in [5.41, 5.74) is 7.27. The molecule has 45 heavy (non-hydrogen) atoms. The molecule has 4 rings (SSSR count). The summed E-state index contributed by atoms with van der Waals surface area (Å²) in [5, 5.41) is 115. The Balaban J connectivity index is 1.40. The van der Waals surface area contributed by atoms with Crippen molar-refractivity contribution in [2.45, 2.75) is 97.8 Å². The normalized spacial score (nSPS) is 44.1. The number of aliphatic hydroxyl groups excluding tert-OH is 10. The zero-order chi connectivity index (χ0) is 33.1. The van der Waals surface area contributed by atoms with Gasteiger partial charge in [-0.15, -0.1) is 0 Å². The van der Waals surface area contributed by atoms with Crippen molar-refractivity contribution < 1.29 is 84.3 Å². The number of ether oxygens (including phenoxy) is 6. The van der Waals surface area contributed by atoms with Gasteiger partial charge in [0, 0.05) is 4.91 Å². The Kier molecular flexibility index (Phi) is 11.8. The van der Waals surface area contributed by atoms with Crippen molar-refractivity contribution in [3.05, 3.63) is 10.4 Å². The predicted molar refractivity (Wildman–Crippen MR) is 135 cm³/mol. The van der Waals surface area contributed by atoms with Crippen LogP contribution in [0.5, 0.6) is 0 Å². The average molecular weight is 657 g/mol. The molecule has 1 amide bonds. The van der Waals surface area contributed by atoms with Crippen LogP contribution in [0.3, 0.4) is 0 Å². The summed E-state index contributed by atoms with van der Waals surface area (Å²) in [4.78, 5) is 15.0. The monoisotopic (exact) mass is 656 g/mol. The van der Waals surface area contributed by atoms with Crippen LogP contribution in [-0.4, -0.2) is 188 Å². The molecule has 0 spiro atoms. The number of rotatable bonds is 12. The van der Waals surface area contributed by atoms with Gasteiger partial charge in [-0.1, -0.05) is 5.11 Å². The second-order valence-corrected chi connectivity index (χ2v) is 10.6. The van der Waals surface area contributed by atoms with Crippen molar-refractivity contribution in [3.63, 3.8) is 0 Å². The Morgan fingerprint density at radius 2 is 1.29 bits per heavy atom. The number of hydrogen-bond acceptors (Lipinski definition) is 20. The molecule has 256 valence electrons. The molecule has 3 fully saturated rings. The number of carbonyl (C=O) groups is 1. The van der Waals surface area contributed by atoms with Gasteiger partial charge in [0.1, 0.15) is 67.1 Å². The first-order valence-corrected chi connectivity index (χ1v) is 13.7. The van der Waals surface area contributed by atoms with Gasteiger partial charge in [-0.3, -0.25) is 0 Å². The van der Waals surface area contributed by atoms with Gasteiger partial charge < -0.3 is 84.8 Å². The molecule has 23 heteroatoms. The highest BCUT2D eigenvalue weighted by Gasteiger charge is 2.54. The highest BCUT2D eigenvalue weighted by atomic mass is 16.8. The van der Waals surface area contributed by atoms with E-state index in [1.54, 1.807) is 0 Å². The van der Waals surface area contributed by atoms with E-state index < -0.39 is 124 Å². The van der Waals surface area contributed by atoms with Crippen molar-refractivity contribution in [1.29, 1.82) is 0 Å². The van der Waals surface area contributed by atoms with E-state index in [0.717, 1.165) is 0 Å². The maximum atomic E-state index is 12.4. The lowest BCUT2D eigenvalue weighted by Gasteiger charge is -2.48. The number of azide groups is 1. The smallest absolute Gasteiger partial charge is 0.407 e. The van der Waals surface area contributed by atoms with E-state index in [-0.39, 0.29) is 13.1 Å². The molecule has 0 aliphatic carbocycles. The number of carbonyl (C=O) groups excluding carboxylic acids is 1. The van der Waals surface area contributed by atoms with Crippen LogP contribution < -0.4 is 5.32 Å². The fourth-order valence-electron chi connectivity index (χ4n) is 4.96. The molecule has 6 unspecified atom stereocenters. The van der Waals surface area contributed by atoms with Crippen molar-refractivity contribution in [2.75, 3.05) is 32.9 Å². The zero-order valence-corrected chi connectivity index (χ0v) is 23.3. The first kappa shape index (κ1) is 35.4. The third-order valence-corrected chi connectivity index (χ3v) is 7.60. The number of aliphatic hydroxyl groups is 10.